The van der Waals surface area contributed by atoms with Crippen molar-refractivity contribution in [3.63, 3.8) is 0 Å². The van der Waals surface area contributed by atoms with Gasteiger partial charge in [0, 0.05) is 13.1 Å². The van der Waals surface area contributed by atoms with Crippen molar-refractivity contribution in [2.45, 2.75) is 38.5 Å². The van der Waals surface area contributed by atoms with Crippen molar-refractivity contribution in [2.24, 2.45) is 5.92 Å². The standard InChI is InChI=1S/C20H32N2O/c1-23-20-8-4-3-7-19(20)17-18-9-13-22(14-10-18)16-15-21-11-5-2-6-12-21/h3-4,7-8,18H,2,5-6,9-17H2,1H3. The molecule has 0 aromatic heterocycles. The Bertz CT molecular complexity index is 462. The average molecular weight is 316 g/mol. The summed E-state index contributed by atoms with van der Waals surface area (Å²) in [4.78, 5) is 5.33. The fraction of sp³-hybridized carbons (Fsp3) is 0.700. The minimum atomic E-state index is 0.817. The van der Waals surface area contributed by atoms with Gasteiger partial charge in [0.15, 0.2) is 0 Å². The van der Waals surface area contributed by atoms with Crippen LogP contribution in [0, 0.1) is 5.92 Å². The lowest BCUT2D eigenvalue weighted by atomic mass is 9.90. The Hall–Kier alpha value is -1.06. The summed E-state index contributed by atoms with van der Waals surface area (Å²) in [7, 11) is 1.78. The Kier molecular flexibility index (Phi) is 6.35. The van der Waals surface area contributed by atoms with E-state index in [0.717, 1.165) is 11.7 Å². The molecule has 0 radical (unpaired) electrons. The summed E-state index contributed by atoms with van der Waals surface area (Å²) < 4.78 is 5.50. The van der Waals surface area contributed by atoms with Gasteiger partial charge in [-0.15, -0.1) is 0 Å². The molecular formula is C20H32N2O. The second-order valence-corrected chi connectivity index (χ2v) is 7.20. The second kappa shape index (κ2) is 8.70. The summed E-state index contributed by atoms with van der Waals surface area (Å²) in [6.07, 6.45) is 8.08. The third-order valence-corrected chi connectivity index (χ3v) is 5.59. The van der Waals surface area contributed by atoms with Crippen molar-refractivity contribution >= 4 is 0 Å². The van der Waals surface area contributed by atoms with Crippen LogP contribution in [0.1, 0.15) is 37.7 Å². The minimum absolute atomic E-state index is 0.817. The van der Waals surface area contributed by atoms with Crippen LogP contribution in [0.15, 0.2) is 24.3 Å². The number of methoxy groups -OCH3 is 1. The molecule has 0 atom stereocenters. The van der Waals surface area contributed by atoms with E-state index in [1.165, 1.54) is 83.4 Å². The number of hydrogen-bond acceptors (Lipinski definition) is 3. The molecule has 0 unspecified atom stereocenters. The number of rotatable bonds is 6. The number of para-hydroxylation sites is 1. The van der Waals surface area contributed by atoms with Crippen LogP contribution in [0.4, 0.5) is 0 Å². The molecule has 1 aromatic rings. The Labute approximate surface area is 141 Å². The molecule has 0 saturated carbocycles. The summed E-state index contributed by atoms with van der Waals surface area (Å²) in [5, 5.41) is 0. The van der Waals surface area contributed by atoms with Gasteiger partial charge in [-0.25, -0.2) is 0 Å². The minimum Gasteiger partial charge on any atom is -0.496 e. The molecule has 2 saturated heterocycles. The van der Waals surface area contributed by atoms with Crippen molar-refractivity contribution in [3.05, 3.63) is 29.8 Å². The summed E-state index contributed by atoms with van der Waals surface area (Å²) in [5.41, 5.74) is 1.38. The van der Waals surface area contributed by atoms with E-state index in [0.29, 0.717) is 0 Å². The lowest BCUT2D eigenvalue weighted by Crippen LogP contribution is -2.41. The Morgan fingerprint density at radius 2 is 1.57 bits per heavy atom. The van der Waals surface area contributed by atoms with Gasteiger partial charge < -0.3 is 14.5 Å². The van der Waals surface area contributed by atoms with Crippen molar-refractivity contribution in [3.8, 4) is 5.75 Å². The number of hydrogen-bond donors (Lipinski definition) is 0. The van der Waals surface area contributed by atoms with Crippen LogP contribution in [0.5, 0.6) is 5.75 Å². The first-order valence-electron chi connectivity index (χ1n) is 9.42. The van der Waals surface area contributed by atoms with Gasteiger partial charge in [-0.2, -0.15) is 0 Å². The van der Waals surface area contributed by atoms with E-state index in [1.54, 1.807) is 7.11 Å². The molecule has 2 heterocycles. The molecule has 2 fully saturated rings. The van der Waals surface area contributed by atoms with Gasteiger partial charge >= 0.3 is 0 Å². The van der Waals surface area contributed by atoms with Gasteiger partial charge in [-0.05, 0) is 75.8 Å². The van der Waals surface area contributed by atoms with Gasteiger partial charge in [-0.3, -0.25) is 0 Å². The van der Waals surface area contributed by atoms with Crippen LogP contribution in [-0.4, -0.2) is 56.2 Å². The number of benzene rings is 1. The molecule has 1 aromatic carbocycles. The lowest BCUT2D eigenvalue weighted by Gasteiger charge is -2.34. The summed E-state index contributed by atoms with van der Waals surface area (Å²) in [5.74, 6) is 1.87. The van der Waals surface area contributed by atoms with E-state index in [4.69, 9.17) is 4.74 Å². The number of nitrogens with zero attached hydrogens (tertiary/aromatic N) is 2. The number of likely N-dealkylation sites (tertiary alicyclic amines) is 2. The van der Waals surface area contributed by atoms with Crippen molar-refractivity contribution in [1.82, 2.24) is 9.80 Å². The van der Waals surface area contributed by atoms with E-state index in [1.807, 2.05) is 0 Å². The highest BCUT2D eigenvalue weighted by molar-refractivity contribution is 5.33. The molecule has 3 rings (SSSR count). The predicted octanol–water partition coefficient (Wildman–Crippen LogP) is 3.44. The van der Waals surface area contributed by atoms with Crippen LogP contribution in [-0.2, 0) is 6.42 Å². The molecule has 0 aliphatic carbocycles. The third kappa shape index (κ3) is 4.95. The normalized spacial score (nSPS) is 21.4. The van der Waals surface area contributed by atoms with Crippen LogP contribution < -0.4 is 4.74 Å². The molecule has 23 heavy (non-hydrogen) atoms. The van der Waals surface area contributed by atoms with Gasteiger partial charge in [0.2, 0.25) is 0 Å². The maximum atomic E-state index is 5.50. The lowest BCUT2D eigenvalue weighted by molar-refractivity contribution is 0.145. The smallest absolute Gasteiger partial charge is 0.122 e. The molecule has 2 aliphatic rings. The zero-order valence-electron chi connectivity index (χ0n) is 14.7. The van der Waals surface area contributed by atoms with Crippen molar-refractivity contribution < 1.29 is 4.74 Å². The first-order chi connectivity index (χ1) is 11.3. The van der Waals surface area contributed by atoms with Gasteiger partial charge in [0.25, 0.3) is 0 Å². The summed E-state index contributed by atoms with van der Waals surface area (Å²) in [6.45, 7) is 7.73. The average Bonchev–Trinajstić information content (AvgIpc) is 2.62. The molecule has 3 heteroatoms. The predicted molar refractivity (Wildman–Crippen MR) is 96.2 cm³/mol. The summed E-state index contributed by atoms with van der Waals surface area (Å²) in [6, 6.07) is 8.50. The highest BCUT2D eigenvalue weighted by Gasteiger charge is 2.21. The largest absolute Gasteiger partial charge is 0.496 e. The monoisotopic (exact) mass is 316 g/mol. The SMILES string of the molecule is COc1ccccc1CC1CCN(CCN2CCCCC2)CC1. The molecule has 2 aliphatic heterocycles. The van der Waals surface area contributed by atoms with Crippen LogP contribution in [0.3, 0.4) is 0 Å². The van der Waals surface area contributed by atoms with Crippen molar-refractivity contribution in [2.75, 3.05) is 46.4 Å². The zero-order valence-corrected chi connectivity index (χ0v) is 14.7. The molecule has 0 spiro atoms. The molecule has 0 bridgehead atoms. The van der Waals surface area contributed by atoms with Crippen LogP contribution >= 0.6 is 0 Å². The zero-order chi connectivity index (χ0) is 15.9. The Morgan fingerprint density at radius 3 is 2.26 bits per heavy atom. The third-order valence-electron chi connectivity index (χ3n) is 5.59. The van der Waals surface area contributed by atoms with E-state index < -0.39 is 0 Å². The Balaban J connectivity index is 1.39. The fourth-order valence-corrected chi connectivity index (χ4v) is 4.06. The van der Waals surface area contributed by atoms with Crippen molar-refractivity contribution in [1.29, 1.82) is 0 Å². The summed E-state index contributed by atoms with van der Waals surface area (Å²) >= 11 is 0. The quantitative estimate of drug-likeness (QED) is 0.799. The van der Waals surface area contributed by atoms with E-state index in [-0.39, 0.29) is 0 Å². The van der Waals surface area contributed by atoms with E-state index in [9.17, 15) is 0 Å². The second-order valence-electron chi connectivity index (χ2n) is 7.20. The molecular weight excluding hydrogens is 284 g/mol. The molecule has 3 nitrogen and oxygen atoms in total. The maximum absolute atomic E-state index is 5.50. The van der Waals surface area contributed by atoms with Gasteiger partial charge in [-0.1, -0.05) is 24.6 Å². The maximum Gasteiger partial charge on any atom is 0.122 e. The number of ether oxygens (including phenoxy) is 1. The first kappa shape index (κ1) is 16.8. The first-order valence-corrected chi connectivity index (χ1v) is 9.42. The highest BCUT2D eigenvalue weighted by atomic mass is 16.5. The number of piperidine rings is 2. The molecule has 128 valence electrons. The van der Waals surface area contributed by atoms with Gasteiger partial charge in [0.05, 0.1) is 7.11 Å². The molecule has 0 N–H and O–H groups in total. The van der Waals surface area contributed by atoms with Crippen LogP contribution in [0.2, 0.25) is 0 Å². The Morgan fingerprint density at radius 1 is 0.913 bits per heavy atom. The topological polar surface area (TPSA) is 15.7 Å². The van der Waals surface area contributed by atoms with E-state index in [2.05, 4.69) is 34.1 Å². The highest BCUT2D eigenvalue weighted by Crippen LogP contribution is 2.26. The van der Waals surface area contributed by atoms with Gasteiger partial charge in [0.1, 0.15) is 5.75 Å². The van der Waals surface area contributed by atoms with E-state index >= 15 is 0 Å². The fourth-order valence-electron chi connectivity index (χ4n) is 4.06. The van der Waals surface area contributed by atoms with Crippen LogP contribution in [0.25, 0.3) is 0 Å². The molecule has 0 amide bonds.